The molecule has 2 N–H and O–H groups in total. The number of nitrogens with one attached hydrogen (secondary N) is 2. The number of pyridine rings is 1. The lowest BCUT2D eigenvalue weighted by Gasteiger charge is -2.13. The summed E-state index contributed by atoms with van der Waals surface area (Å²) < 4.78 is 37.8. The van der Waals surface area contributed by atoms with Gasteiger partial charge in [0, 0.05) is 24.6 Å². The number of benzene rings is 1. The molecule has 0 saturated carbocycles. The van der Waals surface area contributed by atoms with Crippen LogP contribution in [0, 0.1) is 0 Å². The minimum absolute atomic E-state index is 0.292. The van der Waals surface area contributed by atoms with Crippen molar-refractivity contribution in [2.45, 2.75) is 38.3 Å². The van der Waals surface area contributed by atoms with E-state index in [-0.39, 0.29) is 0 Å². The number of amides is 1. The van der Waals surface area contributed by atoms with Gasteiger partial charge < -0.3 is 10.6 Å². The van der Waals surface area contributed by atoms with Gasteiger partial charge in [0.25, 0.3) is 5.91 Å². The topological polar surface area (TPSA) is 54.0 Å². The Labute approximate surface area is 161 Å². The van der Waals surface area contributed by atoms with Crippen LogP contribution in [0.4, 0.5) is 24.5 Å². The summed E-state index contributed by atoms with van der Waals surface area (Å²) in [7, 11) is 0. The summed E-state index contributed by atoms with van der Waals surface area (Å²) in [6.45, 7) is 0.761. The van der Waals surface area contributed by atoms with Crippen LogP contribution in [0.5, 0.6) is 0 Å². The number of nitrogens with zero attached hydrogens (tertiary/aromatic N) is 1. The number of allylic oxidation sites excluding steroid dienone is 1. The molecule has 0 spiro atoms. The Morgan fingerprint density at radius 1 is 1.07 bits per heavy atom. The normalized spacial score (nSPS) is 14.3. The molecule has 0 unspecified atom stereocenters. The number of carbonyl (C=O) groups is 1. The van der Waals surface area contributed by atoms with E-state index < -0.39 is 17.6 Å². The Balaban J connectivity index is 1.56. The fourth-order valence-corrected chi connectivity index (χ4v) is 3.11. The lowest BCUT2D eigenvalue weighted by Crippen LogP contribution is -2.13. The first-order valence-corrected chi connectivity index (χ1v) is 9.27. The molecule has 1 amide bonds. The van der Waals surface area contributed by atoms with Crippen LogP contribution < -0.4 is 10.6 Å². The molecule has 148 valence electrons. The van der Waals surface area contributed by atoms with E-state index in [1.807, 2.05) is 0 Å². The van der Waals surface area contributed by atoms with Gasteiger partial charge in [-0.1, -0.05) is 11.6 Å². The summed E-state index contributed by atoms with van der Waals surface area (Å²) in [4.78, 5) is 16.4. The molecule has 28 heavy (non-hydrogen) atoms. The van der Waals surface area contributed by atoms with Crippen LogP contribution in [0.15, 0.2) is 54.4 Å². The third-order valence-electron chi connectivity index (χ3n) is 4.63. The predicted octanol–water partition coefficient (Wildman–Crippen LogP) is 5.66. The number of rotatable bonds is 6. The minimum Gasteiger partial charge on any atom is -0.383 e. The number of alkyl halides is 3. The number of anilines is 2. The summed E-state index contributed by atoms with van der Waals surface area (Å²) in [6, 6.07) is 6.02. The fourth-order valence-electron chi connectivity index (χ4n) is 3.11. The van der Waals surface area contributed by atoms with Crippen molar-refractivity contribution < 1.29 is 18.0 Å². The Hall–Kier alpha value is -2.83. The smallest absolute Gasteiger partial charge is 0.383 e. The van der Waals surface area contributed by atoms with Crippen molar-refractivity contribution in [2.24, 2.45) is 0 Å². The molecule has 4 nitrogen and oxygen atoms in total. The van der Waals surface area contributed by atoms with Gasteiger partial charge in [-0.05, 0) is 62.4 Å². The third kappa shape index (κ3) is 5.58. The molecular formula is C21H22F3N3O. The average molecular weight is 389 g/mol. The minimum atomic E-state index is -4.40. The second-order valence-corrected chi connectivity index (χ2v) is 6.78. The number of carbonyl (C=O) groups excluding carboxylic acids is 1. The zero-order valence-corrected chi connectivity index (χ0v) is 15.4. The fraction of sp³-hybridized carbons (Fsp3) is 0.333. The van der Waals surface area contributed by atoms with Crippen molar-refractivity contribution in [3.63, 3.8) is 0 Å². The second kappa shape index (κ2) is 8.91. The van der Waals surface area contributed by atoms with Crippen molar-refractivity contribution in [1.82, 2.24) is 4.98 Å². The van der Waals surface area contributed by atoms with E-state index in [1.54, 1.807) is 12.3 Å². The zero-order chi connectivity index (χ0) is 20.0. The SMILES string of the molecule is O=C(Nc1ccc(C(F)(F)F)cc1)c1cncc(NCCC2=CCCCC2)c1. The van der Waals surface area contributed by atoms with Gasteiger partial charge in [0.15, 0.2) is 0 Å². The van der Waals surface area contributed by atoms with Gasteiger partial charge in [-0.25, -0.2) is 0 Å². The van der Waals surface area contributed by atoms with Gasteiger partial charge in [0.1, 0.15) is 0 Å². The van der Waals surface area contributed by atoms with E-state index >= 15 is 0 Å². The molecule has 0 saturated heterocycles. The highest BCUT2D eigenvalue weighted by Crippen LogP contribution is 2.30. The molecule has 1 aliphatic carbocycles. The lowest BCUT2D eigenvalue weighted by atomic mass is 9.97. The Morgan fingerprint density at radius 2 is 1.86 bits per heavy atom. The monoisotopic (exact) mass is 389 g/mol. The average Bonchev–Trinajstić information content (AvgIpc) is 2.69. The quantitative estimate of drug-likeness (QED) is 0.627. The van der Waals surface area contributed by atoms with Crippen LogP contribution in [-0.4, -0.2) is 17.4 Å². The second-order valence-electron chi connectivity index (χ2n) is 6.78. The van der Waals surface area contributed by atoms with Gasteiger partial charge in [-0.2, -0.15) is 13.2 Å². The summed E-state index contributed by atoms with van der Waals surface area (Å²) in [5, 5.41) is 5.86. The number of hydrogen-bond donors (Lipinski definition) is 2. The maximum Gasteiger partial charge on any atom is 0.416 e. The van der Waals surface area contributed by atoms with Crippen LogP contribution in [0.1, 0.15) is 48.0 Å². The summed E-state index contributed by atoms with van der Waals surface area (Å²) >= 11 is 0. The molecule has 0 fully saturated rings. The van der Waals surface area contributed by atoms with Crippen molar-refractivity contribution in [3.05, 3.63) is 65.5 Å². The molecule has 1 aliphatic rings. The number of aromatic nitrogens is 1. The molecule has 0 atom stereocenters. The first kappa shape index (κ1) is 19.9. The van der Waals surface area contributed by atoms with Crippen LogP contribution in [-0.2, 0) is 6.18 Å². The highest BCUT2D eigenvalue weighted by Gasteiger charge is 2.30. The standard InChI is InChI=1S/C21H22F3N3O/c22-21(23,24)17-6-8-18(9-7-17)27-20(28)16-12-19(14-25-13-16)26-11-10-15-4-2-1-3-5-15/h4,6-9,12-14,26H,1-3,5,10-11H2,(H,27,28). The third-order valence-corrected chi connectivity index (χ3v) is 4.63. The van der Waals surface area contributed by atoms with Crippen molar-refractivity contribution in [3.8, 4) is 0 Å². The van der Waals surface area contributed by atoms with Crippen molar-refractivity contribution >= 4 is 17.3 Å². The first-order chi connectivity index (χ1) is 13.4. The summed E-state index contributed by atoms with van der Waals surface area (Å²) in [5.74, 6) is -0.425. The zero-order valence-electron chi connectivity index (χ0n) is 15.4. The summed E-state index contributed by atoms with van der Waals surface area (Å²) in [6.07, 6.45) is 6.73. The maximum absolute atomic E-state index is 12.6. The van der Waals surface area contributed by atoms with Crippen LogP contribution in [0.2, 0.25) is 0 Å². The predicted molar refractivity (Wildman–Crippen MR) is 103 cm³/mol. The molecule has 0 bridgehead atoms. The molecule has 1 aromatic carbocycles. The van der Waals surface area contributed by atoms with Crippen LogP contribution in [0.25, 0.3) is 0 Å². The summed E-state index contributed by atoms with van der Waals surface area (Å²) in [5.41, 5.74) is 2.06. The van der Waals surface area contributed by atoms with E-state index in [9.17, 15) is 18.0 Å². The highest BCUT2D eigenvalue weighted by molar-refractivity contribution is 6.04. The van der Waals surface area contributed by atoms with Gasteiger partial charge >= 0.3 is 6.18 Å². The van der Waals surface area contributed by atoms with E-state index in [0.717, 1.165) is 43.6 Å². The van der Waals surface area contributed by atoms with E-state index in [2.05, 4.69) is 21.7 Å². The van der Waals surface area contributed by atoms with E-state index in [1.165, 1.54) is 36.7 Å². The molecule has 1 aromatic heterocycles. The Bertz CT molecular complexity index is 845. The largest absolute Gasteiger partial charge is 0.416 e. The molecule has 2 aromatic rings. The van der Waals surface area contributed by atoms with E-state index in [0.29, 0.717) is 11.3 Å². The lowest BCUT2D eigenvalue weighted by molar-refractivity contribution is -0.137. The van der Waals surface area contributed by atoms with Gasteiger partial charge in [0.05, 0.1) is 16.8 Å². The van der Waals surface area contributed by atoms with Crippen molar-refractivity contribution in [1.29, 1.82) is 0 Å². The highest BCUT2D eigenvalue weighted by atomic mass is 19.4. The van der Waals surface area contributed by atoms with Gasteiger partial charge in [0.2, 0.25) is 0 Å². The molecule has 3 rings (SSSR count). The molecule has 1 heterocycles. The van der Waals surface area contributed by atoms with Crippen LogP contribution in [0.3, 0.4) is 0 Å². The number of hydrogen-bond acceptors (Lipinski definition) is 3. The van der Waals surface area contributed by atoms with Gasteiger partial charge in [-0.3, -0.25) is 9.78 Å². The first-order valence-electron chi connectivity index (χ1n) is 9.27. The van der Waals surface area contributed by atoms with Crippen LogP contribution >= 0.6 is 0 Å². The Kier molecular flexibility index (Phi) is 6.34. The van der Waals surface area contributed by atoms with Crippen molar-refractivity contribution in [2.75, 3.05) is 17.2 Å². The van der Waals surface area contributed by atoms with E-state index in [4.69, 9.17) is 0 Å². The maximum atomic E-state index is 12.6. The number of halogens is 3. The molecule has 0 aliphatic heterocycles. The molecule has 0 radical (unpaired) electrons. The van der Waals surface area contributed by atoms with Gasteiger partial charge in [-0.15, -0.1) is 0 Å². The molecule has 7 heteroatoms. The Morgan fingerprint density at radius 3 is 2.54 bits per heavy atom. The molecular weight excluding hydrogens is 367 g/mol.